The maximum atomic E-state index is 13.5. The number of rotatable bonds is 8. The van der Waals surface area contributed by atoms with Gasteiger partial charge in [0, 0.05) is 17.2 Å². The highest BCUT2D eigenvalue weighted by molar-refractivity contribution is 5.98. The average molecular weight is 479 g/mol. The number of phenolic OH excluding ortho intramolecular Hbond substituents is 3. The molecule has 0 unspecified atom stereocenters. The summed E-state index contributed by atoms with van der Waals surface area (Å²) in [5.41, 5.74) is 3.95. The summed E-state index contributed by atoms with van der Waals surface area (Å²) in [5.74, 6) is -0.727. The van der Waals surface area contributed by atoms with Gasteiger partial charge in [0.1, 0.15) is 22.5 Å². The third-order valence-electron chi connectivity index (χ3n) is 6.00. The lowest BCUT2D eigenvalue weighted by Gasteiger charge is -2.14. The molecule has 6 heteroatoms. The van der Waals surface area contributed by atoms with Gasteiger partial charge in [-0.1, -0.05) is 34.9 Å². The summed E-state index contributed by atoms with van der Waals surface area (Å²) in [4.78, 5) is 13.5. The Morgan fingerprint density at radius 3 is 2.23 bits per heavy atom. The van der Waals surface area contributed by atoms with Crippen LogP contribution in [0.15, 0.2) is 56.3 Å². The molecule has 186 valence electrons. The van der Waals surface area contributed by atoms with Crippen molar-refractivity contribution in [1.82, 2.24) is 0 Å². The van der Waals surface area contributed by atoms with Gasteiger partial charge in [0.2, 0.25) is 11.2 Å². The van der Waals surface area contributed by atoms with Crippen molar-refractivity contribution in [2.45, 2.75) is 60.3 Å². The van der Waals surface area contributed by atoms with Crippen molar-refractivity contribution in [3.05, 3.63) is 68.4 Å². The van der Waals surface area contributed by atoms with Crippen molar-refractivity contribution in [1.29, 1.82) is 0 Å². The second-order valence-electron chi connectivity index (χ2n) is 9.38. The van der Waals surface area contributed by atoms with E-state index in [1.807, 2.05) is 32.9 Å². The average Bonchev–Trinajstić information content (AvgIpc) is 2.79. The predicted molar refractivity (Wildman–Crippen MR) is 141 cm³/mol. The lowest BCUT2D eigenvalue weighted by molar-refractivity contribution is 0.396. The molecule has 6 nitrogen and oxygen atoms in total. The number of aromatic hydroxyl groups is 3. The summed E-state index contributed by atoms with van der Waals surface area (Å²) in [6, 6.07) is 2.92. The molecule has 0 amide bonds. The van der Waals surface area contributed by atoms with Gasteiger partial charge in [-0.3, -0.25) is 4.79 Å². The zero-order chi connectivity index (χ0) is 25.9. The van der Waals surface area contributed by atoms with Gasteiger partial charge < -0.3 is 24.5 Å². The van der Waals surface area contributed by atoms with Crippen LogP contribution in [0.1, 0.15) is 58.6 Å². The highest BCUT2D eigenvalue weighted by Crippen LogP contribution is 2.41. The number of benzene rings is 2. The fraction of sp³-hybridized carbons (Fsp3) is 0.345. The minimum absolute atomic E-state index is 0.0159. The molecule has 0 aliphatic rings. The normalized spacial score (nSPS) is 11.7. The summed E-state index contributed by atoms with van der Waals surface area (Å²) < 4.78 is 11.5. The topological polar surface area (TPSA) is 100 Å². The Kier molecular flexibility index (Phi) is 7.95. The third kappa shape index (κ3) is 5.53. The van der Waals surface area contributed by atoms with Gasteiger partial charge >= 0.3 is 0 Å². The summed E-state index contributed by atoms with van der Waals surface area (Å²) >= 11 is 0. The van der Waals surface area contributed by atoms with E-state index < -0.39 is 11.2 Å². The number of fused-ring (bicyclic) bond motifs is 2. The molecule has 3 aromatic rings. The molecule has 0 aliphatic carbocycles. The van der Waals surface area contributed by atoms with E-state index in [4.69, 9.17) is 9.15 Å². The molecule has 0 bridgehead atoms. The molecule has 0 saturated carbocycles. The maximum Gasteiger partial charge on any atom is 0.204 e. The first-order valence-corrected chi connectivity index (χ1v) is 11.7. The molecule has 0 fully saturated rings. The van der Waals surface area contributed by atoms with Gasteiger partial charge in [-0.2, -0.15) is 0 Å². The van der Waals surface area contributed by atoms with Crippen LogP contribution >= 0.6 is 0 Å². The Balaban J connectivity index is 2.23. The molecular formula is C29H34O6. The van der Waals surface area contributed by atoms with E-state index in [0.717, 1.165) is 18.4 Å². The van der Waals surface area contributed by atoms with E-state index in [1.165, 1.54) is 30.4 Å². The van der Waals surface area contributed by atoms with Crippen molar-refractivity contribution >= 4 is 21.9 Å². The Bertz CT molecular complexity index is 1410. The molecule has 0 saturated heterocycles. The molecule has 0 spiro atoms. The van der Waals surface area contributed by atoms with E-state index in [0.29, 0.717) is 29.7 Å². The molecule has 2 aromatic carbocycles. The first kappa shape index (κ1) is 25.9. The van der Waals surface area contributed by atoms with Crippen molar-refractivity contribution in [2.75, 3.05) is 7.11 Å². The van der Waals surface area contributed by atoms with Crippen LogP contribution < -0.4 is 10.2 Å². The minimum Gasteiger partial charge on any atom is -0.507 e. The summed E-state index contributed by atoms with van der Waals surface area (Å²) in [5, 5.41) is 32.1. The van der Waals surface area contributed by atoms with Crippen LogP contribution in [0.2, 0.25) is 0 Å². The highest BCUT2D eigenvalue weighted by atomic mass is 16.5. The highest BCUT2D eigenvalue weighted by Gasteiger charge is 2.23. The zero-order valence-corrected chi connectivity index (χ0v) is 21.3. The molecule has 0 radical (unpaired) electrons. The second-order valence-corrected chi connectivity index (χ2v) is 9.38. The quantitative estimate of drug-likeness (QED) is 0.187. The molecule has 0 aliphatic heterocycles. The molecule has 35 heavy (non-hydrogen) atoms. The SMILES string of the molecule is COc1cc(O)c2c(=O)c3cc(CC=C(C)C)c(O)c(O)c3oc2c1C/C=C(\C)CCC=C(C)C. The monoisotopic (exact) mass is 478 g/mol. The van der Waals surface area contributed by atoms with Crippen molar-refractivity contribution in [3.8, 4) is 23.0 Å². The lowest BCUT2D eigenvalue weighted by Crippen LogP contribution is -2.06. The molecule has 3 N–H and O–H groups in total. The zero-order valence-electron chi connectivity index (χ0n) is 21.3. The summed E-state index contributed by atoms with van der Waals surface area (Å²) in [7, 11) is 1.48. The Labute approximate surface area is 205 Å². The minimum atomic E-state index is -0.500. The van der Waals surface area contributed by atoms with Crippen LogP contribution in [0.5, 0.6) is 23.0 Å². The largest absolute Gasteiger partial charge is 0.507 e. The second kappa shape index (κ2) is 10.7. The number of phenols is 3. The van der Waals surface area contributed by atoms with Crippen LogP contribution in [0.25, 0.3) is 21.9 Å². The van der Waals surface area contributed by atoms with Crippen LogP contribution in [0, 0.1) is 0 Å². The molecule has 3 rings (SSSR count). The molecule has 1 heterocycles. The fourth-order valence-corrected chi connectivity index (χ4v) is 4.01. The van der Waals surface area contributed by atoms with Gasteiger partial charge in [0.15, 0.2) is 11.3 Å². The van der Waals surface area contributed by atoms with Gasteiger partial charge in [-0.25, -0.2) is 0 Å². The Morgan fingerprint density at radius 2 is 1.60 bits per heavy atom. The lowest BCUT2D eigenvalue weighted by atomic mass is 10.00. The van der Waals surface area contributed by atoms with Crippen molar-refractivity contribution < 1.29 is 24.5 Å². The van der Waals surface area contributed by atoms with Gasteiger partial charge in [0.25, 0.3) is 0 Å². The van der Waals surface area contributed by atoms with E-state index in [2.05, 4.69) is 19.9 Å². The molecule has 0 atom stereocenters. The van der Waals surface area contributed by atoms with Gasteiger partial charge in [0.05, 0.1) is 12.5 Å². The number of hydrogen-bond donors (Lipinski definition) is 3. The van der Waals surface area contributed by atoms with Crippen LogP contribution in [-0.2, 0) is 12.8 Å². The van der Waals surface area contributed by atoms with E-state index in [9.17, 15) is 20.1 Å². The maximum absolute atomic E-state index is 13.5. The van der Waals surface area contributed by atoms with Gasteiger partial charge in [-0.15, -0.1) is 0 Å². The smallest absolute Gasteiger partial charge is 0.204 e. The van der Waals surface area contributed by atoms with Gasteiger partial charge in [-0.05, 0) is 66.4 Å². The molecular weight excluding hydrogens is 444 g/mol. The first-order chi connectivity index (χ1) is 16.5. The third-order valence-corrected chi connectivity index (χ3v) is 6.00. The number of allylic oxidation sites excluding steroid dienone is 6. The van der Waals surface area contributed by atoms with E-state index >= 15 is 0 Å². The fourth-order valence-electron chi connectivity index (χ4n) is 4.01. The summed E-state index contributed by atoms with van der Waals surface area (Å²) in [6.45, 7) is 10.0. The standard InChI is InChI=1S/C29H34O6/c1-16(2)8-7-9-18(5)11-13-20-23(34-6)15-22(30)24-26(32)21-14-19(12-10-17(3)4)25(31)27(33)29(21)35-28(20)24/h8,10-11,14-15,30-31,33H,7,9,12-13H2,1-6H3/b18-11+. The first-order valence-electron chi connectivity index (χ1n) is 11.7. The number of ether oxygens (including phenoxy) is 1. The Hall–Kier alpha value is -3.67. The van der Waals surface area contributed by atoms with Crippen LogP contribution in [0.3, 0.4) is 0 Å². The Morgan fingerprint density at radius 1 is 0.914 bits per heavy atom. The molecule has 1 aromatic heterocycles. The number of methoxy groups -OCH3 is 1. The van der Waals surface area contributed by atoms with Crippen LogP contribution in [-0.4, -0.2) is 22.4 Å². The summed E-state index contributed by atoms with van der Waals surface area (Å²) in [6.07, 6.45) is 8.67. The van der Waals surface area contributed by atoms with E-state index in [1.54, 1.807) is 0 Å². The van der Waals surface area contributed by atoms with Crippen molar-refractivity contribution in [3.63, 3.8) is 0 Å². The predicted octanol–water partition coefficient (Wildman–Crippen LogP) is 6.82. The van der Waals surface area contributed by atoms with Crippen molar-refractivity contribution in [2.24, 2.45) is 0 Å². The van der Waals surface area contributed by atoms with E-state index in [-0.39, 0.29) is 33.4 Å². The number of hydrogen-bond acceptors (Lipinski definition) is 6. The van der Waals surface area contributed by atoms with Crippen LogP contribution in [0.4, 0.5) is 0 Å².